The number of likely N-dealkylation sites (tertiary alicyclic amines) is 1. The van der Waals surface area contributed by atoms with Crippen LogP contribution in [0.25, 0.3) is 0 Å². The first-order valence-electron chi connectivity index (χ1n) is 6.99. The van der Waals surface area contributed by atoms with Gasteiger partial charge in [0.05, 0.1) is 0 Å². The summed E-state index contributed by atoms with van der Waals surface area (Å²) in [6, 6.07) is 4.66. The van der Waals surface area contributed by atoms with Gasteiger partial charge in [0.15, 0.2) is 0 Å². The fourth-order valence-electron chi connectivity index (χ4n) is 2.96. The molecule has 0 saturated carbocycles. The van der Waals surface area contributed by atoms with Crippen molar-refractivity contribution < 1.29 is 0 Å². The summed E-state index contributed by atoms with van der Waals surface area (Å²) in [5, 5.41) is 0. The van der Waals surface area contributed by atoms with E-state index in [1.165, 1.54) is 12.0 Å². The molecule has 3 nitrogen and oxygen atoms in total. The Morgan fingerprint density at radius 2 is 1.94 bits per heavy atom. The van der Waals surface area contributed by atoms with E-state index >= 15 is 0 Å². The van der Waals surface area contributed by atoms with Gasteiger partial charge in [-0.15, -0.1) is 0 Å². The van der Waals surface area contributed by atoms with Crippen LogP contribution in [-0.2, 0) is 0 Å². The standard InChI is InChI=1S/C15H25N3/c1-11-6-9-18(10-12(11)2)15(13(3)16)14-4-7-17-8-5-14/h4-5,7-8,11-13,15H,6,9-10,16H2,1-3H3. The SMILES string of the molecule is CC(N)C(c1ccncc1)N1CCC(C)C(C)C1. The third kappa shape index (κ3) is 2.90. The Balaban J connectivity index is 2.16. The zero-order valence-electron chi connectivity index (χ0n) is 11.7. The van der Waals surface area contributed by atoms with Crippen LogP contribution in [0.3, 0.4) is 0 Å². The Kier molecular flexibility index (Phi) is 4.36. The minimum Gasteiger partial charge on any atom is -0.326 e. The lowest BCUT2D eigenvalue weighted by molar-refractivity contribution is 0.0851. The summed E-state index contributed by atoms with van der Waals surface area (Å²) < 4.78 is 0. The summed E-state index contributed by atoms with van der Waals surface area (Å²) >= 11 is 0. The number of pyridine rings is 1. The van der Waals surface area contributed by atoms with Crippen molar-refractivity contribution in [2.45, 2.75) is 39.3 Å². The highest BCUT2D eigenvalue weighted by atomic mass is 15.2. The molecule has 1 fully saturated rings. The molecule has 18 heavy (non-hydrogen) atoms. The van der Waals surface area contributed by atoms with Crippen molar-refractivity contribution in [3.05, 3.63) is 30.1 Å². The van der Waals surface area contributed by atoms with E-state index in [1.54, 1.807) is 0 Å². The molecular weight excluding hydrogens is 222 g/mol. The lowest BCUT2D eigenvalue weighted by atomic mass is 9.86. The van der Waals surface area contributed by atoms with Crippen molar-refractivity contribution in [2.75, 3.05) is 13.1 Å². The van der Waals surface area contributed by atoms with Crippen LogP contribution in [0.2, 0.25) is 0 Å². The van der Waals surface area contributed by atoms with Gasteiger partial charge in [0.1, 0.15) is 0 Å². The molecule has 4 atom stereocenters. The van der Waals surface area contributed by atoms with Crippen molar-refractivity contribution in [3.8, 4) is 0 Å². The van der Waals surface area contributed by atoms with Crippen LogP contribution in [-0.4, -0.2) is 29.0 Å². The number of hydrogen-bond donors (Lipinski definition) is 1. The number of nitrogens with zero attached hydrogens (tertiary/aromatic N) is 2. The Bertz CT molecular complexity index is 363. The van der Waals surface area contributed by atoms with Gasteiger partial charge in [-0.1, -0.05) is 13.8 Å². The zero-order valence-corrected chi connectivity index (χ0v) is 11.7. The van der Waals surface area contributed by atoms with Gasteiger partial charge in [-0.2, -0.15) is 0 Å². The van der Waals surface area contributed by atoms with E-state index in [2.05, 4.69) is 42.8 Å². The maximum absolute atomic E-state index is 6.22. The van der Waals surface area contributed by atoms with Gasteiger partial charge in [-0.25, -0.2) is 0 Å². The molecule has 3 heteroatoms. The molecule has 1 aromatic heterocycles. The molecule has 0 bridgehead atoms. The smallest absolute Gasteiger partial charge is 0.0497 e. The summed E-state index contributed by atoms with van der Waals surface area (Å²) in [5.74, 6) is 1.58. The molecule has 0 aliphatic carbocycles. The van der Waals surface area contributed by atoms with Gasteiger partial charge in [0.2, 0.25) is 0 Å². The molecule has 1 aliphatic rings. The second-order valence-corrected chi connectivity index (χ2v) is 5.82. The third-order valence-corrected chi connectivity index (χ3v) is 4.30. The Labute approximate surface area is 110 Å². The van der Waals surface area contributed by atoms with E-state index in [-0.39, 0.29) is 6.04 Å². The van der Waals surface area contributed by atoms with Gasteiger partial charge in [0, 0.05) is 31.0 Å². The number of piperidine rings is 1. The molecular formula is C15H25N3. The van der Waals surface area contributed by atoms with Gasteiger partial charge < -0.3 is 5.73 Å². The van der Waals surface area contributed by atoms with Gasteiger partial charge in [-0.3, -0.25) is 9.88 Å². The molecule has 0 amide bonds. The number of aromatic nitrogens is 1. The van der Waals surface area contributed by atoms with E-state index in [0.717, 1.165) is 24.9 Å². The predicted octanol–water partition coefficient (Wildman–Crippen LogP) is 2.45. The topological polar surface area (TPSA) is 42.1 Å². The Morgan fingerprint density at radius 3 is 2.50 bits per heavy atom. The quantitative estimate of drug-likeness (QED) is 0.892. The van der Waals surface area contributed by atoms with Crippen molar-refractivity contribution in [1.82, 2.24) is 9.88 Å². The molecule has 2 rings (SSSR count). The zero-order chi connectivity index (χ0) is 13.1. The van der Waals surface area contributed by atoms with E-state index in [1.807, 2.05) is 12.4 Å². The summed E-state index contributed by atoms with van der Waals surface area (Å²) in [6.45, 7) is 9.11. The van der Waals surface area contributed by atoms with Gasteiger partial charge in [-0.05, 0) is 49.4 Å². The lowest BCUT2D eigenvalue weighted by Gasteiger charge is -2.41. The monoisotopic (exact) mass is 247 g/mol. The third-order valence-electron chi connectivity index (χ3n) is 4.30. The number of rotatable bonds is 3. The van der Waals surface area contributed by atoms with Crippen LogP contribution >= 0.6 is 0 Å². The van der Waals surface area contributed by atoms with Crippen LogP contribution in [0.5, 0.6) is 0 Å². The van der Waals surface area contributed by atoms with Crippen molar-refractivity contribution >= 4 is 0 Å². The summed E-state index contributed by atoms with van der Waals surface area (Å²) in [4.78, 5) is 6.65. The van der Waals surface area contributed by atoms with E-state index in [0.29, 0.717) is 6.04 Å². The summed E-state index contributed by atoms with van der Waals surface area (Å²) in [6.07, 6.45) is 5.00. The molecule has 100 valence electrons. The molecule has 2 heterocycles. The molecule has 1 aliphatic heterocycles. The largest absolute Gasteiger partial charge is 0.326 e. The average molecular weight is 247 g/mol. The highest BCUT2D eigenvalue weighted by Crippen LogP contribution is 2.30. The average Bonchev–Trinajstić information content (AvgIpc) is 2.35. The van der Waals surface area contributed by atoms with Crippen LogP contribution in [0.1, 0.15) is 38.8 Å². The van der Waals surface area contributed by atoms with Crippen LogP contribution in [0, 0.1) is 11.8 Å². The molecule has 4 unspecified atom stereocenters. The Morgan fingerprint density at radius 1 is 1.28 bits per heavy atom. The second kappa shape index (κ2) is 5.81. The van der Waals surface area contributed by atoms with E-state index < -0.39 is 0 Å². The number of hydrogen-bond acceptors (Lipinski definition) is 3. The number of nitrogens with two attached hydrogens (primary N) is 1. The van der Waals surface area contributed by atoms with Crippen molar-refractivity contribution in [2.24, 2.45) is 17.6 Å². The summed E-state index contributed by atoms with van der Waals surface area (Å²) in [5.41, 5.74) is 7.51. The minimum atomic E-state index is 0.146. The Hall–Kier alpha value is -0.930. The van der Waals surface area contributed by atoms with Gasteiger partial charge in [0.25, 0.3) is 0 Å². The van der Waals surface area contributed by atoms with Crippen LogP contribution in [0.15, 0.2) is 24.5 Å². The molecule has 0 spiro atoms. The first-order chi connectivity index (χ1) is 8.59. The normalized spacial score (nSPS) is 28.9. The van der Waals surface area contributed by atoms with Crippen LogP contribution in [0.4, 0.5) is 0 Å². The lowest BCUT2D eigenvalue weighted by Crippen LogP contribution is -2.46. The molecule has 1 saturated heterocycles. The first-order valence-corrected chi connectivity index (χ1v) is 6.99. The first kappa shape index (κ1) is 13.5. The molecule has 1 aromatic rings. The molecule has 2 N–H and O–H groups in total. The van der Waals surface area contributed by atoms with Crippen molar-refractivity contribution in [1.29, 1.82) is 0 Å². The summed E-state index contributed by atoms with van der Waals surface area (Å²) in [7, 11) is 0. The maximum Gasteiger partial charge on any atom is 0.0497 e. The predicted molar refractivity (Wildman–Crippen MR) is 75.1 cm³/mol. The fourth-order valence-corrected chi connectivity index (χ4v) is 2.96. The second-order valence-electron chi connectivity index (χ2n) is 5.82. The van der Waals surface area contributed by atoms with Crippen LogP contribution < -0.4 is 5.73 Å². The fraction of sp³-hybridized carbons (Fsp3) is 0.667. The molecule has 0 aromatic carbocycles. The highest BCUT2D eigenvalue weighted by Gasteiger charge is 2.30. The minimum absolute atomic E-state index is 0.146. The van der Waals surface area contributed by atoms with E-state index in [9.17, 15) is 0 Å². The maximum atomic E-state index is 6.22. The van der Waals surface area contributed by atoms with Gasteiger partial charge >= 0.3 is 0 Å². The molecule has 0 radical (unpaired) electrons. The highest BCUT2D eigenvalue weighted by molar-refractivity contribution is 5.17. The van der Waals surface area contributed by atoms with Crippen molar-refractivity contribution in [3.63, 3.8) is 0 Å². The van der Waals surface area contributed by atoms with E-state index in [4.69, 9.17) is 5.73 Å².